The molecule has 1 aliphatic rings. The minimum absolute atomic E-state index is 0.444. The zero-order chi connectivity index (χ0) is 13.2. The number of benzene rings is 1. The molecule has 3 heteroatoms. The third kappa shape index (κ3) is 2.26. The molecule has 0 bridgehead atoms. The summed E-state index contributed by atoms with van der Waals surface area (Å²) in [5.74, 6) is 1.03. The van der Waals surface area contributed by atoms with Crippen molar-refractivity contribution in [3.8, 4) is 5.75 Å². The minimum atomic E-state index is 0.444. The lowest BCUT2D eigenvalue weighted by atomic mass is 10.1. The molecule has 0 spiro atoms. The number of fused-ring (bicyclic) bond motifs is 1. The van der Waals surface area contributed by atoms with Gasteiger partial charge in [-0.1, -0.05) is 12.1 Å². The molecule has 0 saturated heterocycles. The summed E-state index contributed by atoms with van der Waals surface area (Å²) in [5, 5.41) is 3.66. The molecule has 1 aromatic heterocycles. The lowest BCUT2D eigenvalue weighted by Gasteiger charge is -2.15. The first-order valence-corrected chi connectivity index (χ1v) is 6.79. The van der Waals surface area contributed by atoms with E-state index in [0.29, 0.717) is 6.04 Å². The number of nitrogens with zero attached hydrogens (tertiary/aromatic N) is 1. The van der Waals surface area contributed by atoms with Crippen molar-refractivity contribution < 1.29 is 4.74 Å². The highest BCUT2D eigenvalue weighted by molar-refractivity contribution is 5.45. The number of rotatable bonds is 4. The molecule has 0 aliphatic heterocycles. The third-order valence-corrected chi connectivity index (χ3v) is 4.03. The summed E-state index contributed by atoms with van der Waals surface area (Å²) < 4.78 is 7.60. The van der Waals surface area contributed by atoms with Gasteiger partial charge < -0.3 is 14.6 Å². The van der Waals surface area contributed by atoms with Crippen molar-refractivity contribution in [1.82, 2.24) is 9.88 Å². The molecule has 0 saturated carbocycles. The summed E-state index contributed by atoms with van der Waals surface area (Å²) >= 11 is 0. The quantitative estimate of drug-likeness (QED) is 0.910. The van der Waals surface area contributed by atoms with Gasteiger partial charge in [-0.3, -0.25) is 0 Å². The Morgan fingerprint density at radius 2 is 2.21 bits per heavy atom. The van der Waals surface area contributed by atoms with Crippen molar-refractivity contribution in [2.45, 2.75) is 25.4 Å². The second-order valence-electron chi connectivity index (χ2n) is 5.11. The lowest BCUT2D eigenvalue weighted by molar-refractivity contribution is 0.410. The van der Waals surface area contributed by atoms with Gasteiger partial charge in [-0.15, -0.1) is 0 Å². The van der Waals surface area contributed by atoms with Gasteiger partial charge >= 0.3 is 0 Å². The summed E-state index contributed by atoms with van der Waals surface area (Å²) in [7, 11) is 3.84. The normalized spacial score (nSPS) is 17.5. The van der Waals surface area contributed by atoms with E-state index >= 15 is 0 Å². The number of ether oxygens (including phenoxy) is 1. The first kappa shape index (κ1) is 12.3. The monoisotopic (exact) mass is 256 g/mol. The molecule has 19 heavy (non-hydrogen) atoms. The number of nitrogens with one attached hydrogen (secondary N) is 1. The number of aryl methyl sites for hydroxylation is 1. The Labute approximate surface area is 114 Å². The first-order valence-electron chi connectivity index (χ1n) is 6.79. The zero-order valence-corrected chi connectivity index (χ0v) is 11.5. The summed E-state index contributed by atoms with van der Waals surface area (Å²) in [6, 6.07) is 11.0. The number of methoxy groups -OCH3 is 1. The second-order valence-corrected chi connectivity index (χ2v) is 5.11. The largest absolute Gasteiger partial charge is 0.496 e. The fraction of sp³-hybridized carbons (Fsp3) is 0.375. The van der Waals surface area contributed by atoms with E-state index < -0.39 is 0 Å². The predicted octanol–water partition coefficient (Wildman–Crippen LogP) is 2.81. The number of hydrogen-bond donors (Lipinski definition) is 1. The van der Waals surface area contributed by atoms with Crippen LogP contribution in [0, 0.1) is 0 Å². The average molecular weight is 256 g/mol. The van der Waals surface area contributed by atoms with E-state index in [1.165, 1.54) is 16.8 Å². The van der Waals surface area contributed by atoms with Crippen molar-refractivity contribution in [3.05, 3.63) is 53.3 Å². The molecule has 1 heterocycles. The molecule has 0 radical (unpaired) electrons. The van der Waals surface area contributed by atoms with Crippen LogP contribution in [0.4, 0.5) is 0 Å². The van der Waals surface area contributed by atoms with E-state index in [0.717, 1.165) is 25.1 Å². The highest BCUT2D eigenvalue weighted by Crippen LogP contribution is 2.36. The van der Waals surface area contributed by atoms with Gasteiger partial charge in [-0.25, -0.2) is 0 Å². The molecule has 2 aromatic rings. The number of hydrogen-bond acceptors (Lipinski definition) is 2. The Balaban J connectivity index is 1.74. The van der Waals surface area contributed by atoms with Crippen LogP contribution in [-0.2, 0) is 20.0 Å². The third-order valence-electron chi connectivity index (χ3n) is 4.03. The van der Waals surface area contributed by atoms with Gasteiger partial charge in [-0.2, -0.15) is 0 Å². The van der Waals surface area contributed by atoms with Crippen molar-refractivity contribution in [2.75, 3.05) is 7.11 Å². The molecule has 0 fully saturated rings. The average Bonchev–Trinajstić information content (AvgIpc) is 3.02. The molecule has 100 valence electrons. The van der Waals surface area contributed by atoms with E-state index in [2.05, 4.69) is 53.5 Å². The highest BCUT2D eigenvalue weighted by Gasteiger charge is 2.24. The standard InChI is InChI=1S/C16H20N2O/c1-18-10-4-5-12(18)11-17-15-9-8-14-13(15)6-3-7-16(14)19-2/h3-7,10,15,17H,8-9,11H2,1-2H3/t15-/m1/s1. The van der Waals surface area contributed by atoms with Gasteiger partial charge in [0.05, 0.1) is 7.11 Å². The maximum absolute atomic E-state index is 5.44. The Morgan fingerprint density at radius 1 is 1.32 bits per heavy atom. The van der Waals surface area contributed by atoms with Crippen LogP contribution in [0.5, 0.6) is 5.75 Å². The summed E-state index contributed by atoms with van der Waals surface area (Å²) in [6.45, 7) is 0.908. The van der Waals surface area contributed by atoms with Crippen LogP contribution in [0.25, 0.3) is 0 Å². The molecule has 1 aromatic carbocycles. The summed E-state index contributed by atoms with van der Waals surface area (Å²) in [5.41, 5.74) is 4.08. The van der Waals surface area contributed by atoms with E-state index in [4.69, 9.17) is 4.74 Å². The Morgan fingerprint density at radius 3 is 2.95 bits per heavy atom. The van der Waals surface area contributed by atoms with Crippen LogP contribution in [-0.4, -0.2) is 11.7 Å². The zero-order valence-electron chi connectivity index (χ0n) is 11.5. The maximum atomic E-state index is 5.44. The molecule has 1 aliphatic carbocycles. The number of aromatic nitrogens is 1. The fourth-order valence-electron chi connectivity index (χ4n) is 2.93. The van der Waals surface area contributed by atoms with Gasteiger partial charge in [0, 0.05) is 31.5 Å². The maximum Gasteiger partial charge on any atom is 0.122 e. The van der Waals surface area contributed by atoms with Crippen LogP contribution in [0.2, 0.25) is 0 Å². The van der Waals surface area contributed by atoms with E-state index in [9.17, 15) is 0 Å². The molecule has 1 atom stereocenters. The SMILES string of the molecule is COc1cccc2c1CC[C@H]2NCc1cccn1C. The van der Waals surface area contributed by atoms with Gasteiger partial charge in [0.25, 0.3) is 0 Å². The molecular formula is C16H20N2O. The summed E-state index contributed by atoms with van der Waals surface area (Å²) in [4.78, 5) is 0. The Kier molecular flexibility index (Phi) is 3.30. The first-order chi connectivity index (χ1) is 9.29. The molecule has 0 amide bonds. The van der Waals surface area contributed by atoms with Crippen molar-refractivity contribution in [1.29, 1.82) is 0 Å². The molecule has 3 rings (SSSR count). The van der Waals surface area contributed by atoms with E-state index in [1.807, 2.05) is 0 Å². The van der Waals surface area contributed by atoms with Gasteiger partial charge in [0.15, 0.2) is 0 Å². The van der Waals surface area contributed by atoms with Crippen molar-refractivity contribution >= 4 is 0 Å². The smallest absolute Gasteiger partial charge is 0.122 e. The van der Waals surface area contributed by atoms with Gasteiger partial charge in [-0.05, 0) is 42.2 Å². The summed E-state index contributed by atoms with van der Waals surface area (Å²) in [6.07, 6.45) is 4.34. The van der Waals surface area contributed by atoms with Gasteiger partial charge in [0.1, 0.15) is 5.75 Å². The van der Waals surface area contributed by atoms with Crippen LogP contribution >= 0.6 is 0 Å². The van der Waals surface area contributed by atoms with E-state index in [1.54, 1.807) is 7.11 Å². The van der Waals surface area contributed by atoms with Crippen LogP contribution in [0.15, 0.2) is 36.5 Å². The topological polar surface area (TPSA) is 26.2 Å². The molecule has 3 nitrogen and oxygen atoms in total. The van der Waals surface area contributed by atoms with Gasteiger partial charge in [0.2, 0.25) is 0 Å². The Bertz CT molecular complexity index is 574. The highest BCUT2D eigenvalue weighted by atomic mass is 16.5. The minimum Gasteiger partial charge on any atom is -0.496 e. The van der Waals surface area contributed by atoms with Crippen LogP contribution < -0.4 is 10.1 Å². The molecular weight excluding hydrogens is 236 g/mol. The van der Waals surface area contributed by atoms with Crippen LogP contribution in [0.1, 0.15) is 29.3 Å². The Hall–Kier alpha value is -1.74. The van der Waals surface area contributed by atoms with Crippen molar-refractivity contribution in [2.24, 2.45) is 7.05 Å². The van der Waals surface area contributed by atoms with Crippen LogP contribution in [0.3, 0.4) is 0 Å². The molecule has 1 N–H and O–H groups in total. The van der Waals surface area contributed by atoms with Crippen molar-refractivity contribution in [3.63, 3.8) is 0 Å². The van der Waals surface area contributed by atoms with E-state index in [-0.39, 0.29) is 0 Å². The fourth-order valence-corrected chi connectivity index (χ4v) is 2.93. The lowest BCUT2D eigenvalue weighted by Crippen LogP contribution is -2.20. The predicted molar refractivity (Wildman–Crippen MR) is 76.3 cm³/mol. The molecule has 0 unspecified atom stereocenters. The second kappa shape index (κ2) is 5.10.